The van der Waals surface area contributed by atoms with Crippen LogP contribution in [-0.4, -0.2) is 23.6 Å². The van der Waals surface area contributed by atoms with Crippen molar-refractivity contribution in [3.63, 3.8) is 0 Å². The molecule has 2 aromatic rings. The summed E-state index contributed by atoms with van der Waals surface area (Å²) >= 11 is 0. The SMILES string of the molecule is N=C(N)c1cc(OCC(F)(F)F)nc2ccccc12. The largest absolute Gasteiger partial charge is 0.468 e. The summed E-state index contributed by atoms with van der Waals surface area (Å²) in [5.41, 5.74) is 6.13. The molecule has 0 fully saturated rings. The van der Waals surface area contributed by atoms with Crippen molar-refractivity contribution in [1.82, 2.24) is 4.98 Å². The number of nitrogen functional groups attached to an aromatic ring is 1. The first-order valence-electron chi connectivity index (χ1n) is 5.30. The number of amidine groups is 1. The Labute approximate surface area is 106 Å². The summed E-state index contributed by atoms with van der Waals surface area (Å²) in [6.07, 6.45) is -4.44. The Bertz CT molecular complexity index is 625. The standard InChI is InChI=1S/C12H10F3N3O/c13-12(14,15)6-19-10-5-8(11(16)17)7-3-1-2-4-9(7)18-10/h1-5H,6H2,(H3,16,17). The summed E-state index contributed by atoms with van der Waals surface area (Å²) in [6, 6.07) is 7.95. The molecule has 0 aliphatic carbocycles. The number of nitrogens with one attached hydrogen (secondary N) is 1. The minimum atomic E-state index is -4.44. The fraction of sp³-hybridized carbons (Fsp3) is 0.167. The van der Waals surface area contributed by atoms with Crippen molar-refractivity contribution < 1.29 is 17.9 Å². The summed E-state index contributed by atoms with van der Waals surface area (Å²) in [6.45, 7) is -1.43. The molecule has 7 heteroatoms. The monoisotopic (exact) mass is 269 g/mol. The number of pyridine rings is 1. The average Bonchev–Trinajstić information content (AvgIpc) is 2.34. The van der Waals surface area contributed by atoms with E-state index in [4.69, 9.17) is 11.1 Å². The summed E-state index contributed by atoms with van der Waals surface area (Å²) < 4.78 is 40.9. The lowest BCUT2D eigenvalue weighted by Gasteiger charge is -2.11. The predicted octanol–water partition coefficient (Wildman–Crippen LogP) is 2.46. The van der Waals surface area contributed by atoms with Crippen molar-refractivity contribution in [3.05, 3.63) is 35.9 Å². The average molecular weight is 269 g/mol. The minimum absolute atomic E-state index is 0.207. The lowest BCUT2D eigenvalue weighted by atomic mass is 10.1. The molecule has 1 heterocycles. The number of halogens is 3. The topological polar surface area (TPSA) is 72.0 Å². The Morgan fingerprint density at radius 1 is 1.32 bits per heavy atom. The van der Waals surface area contributed by atoms with Crippen LogP contribution in [0.5, 0.6) is 5.88 Å². The van der Waals surface area contributed by atoms with Gasteiger partial charge in [0, 0.05) is 17.0 Å². The van der Waals surface area contributed by atoms with Gasteiger partial charge in [-0.05, 0) is 6.07 Å². The molecule has 0 atom stereocenters. The van der Waals surface area contributed by atoms with Crippen molar-refractivity contribution in [2.45, 2.75) is 6.18 Å². The minimum Gasteiger partial charge on any atom is -0.468 e. The number of nitrogens with two attached hydrogens (primary N) is 1. The van der Waals surface area contributed by atoms with Crippen molar-refractivity contribution in [2.75, 3.05) is 6.61 Å². The van der Waals surface area contributed by atoms with E-state index in [9.17, 15) is 13.2 Å². The van der Waals surface area contributed by atoms with Crippen molar-refractivity contribution in [1.29, 1.82) is 5.41 Å². The van der Waals surface area contributed by atoms with E-state index in [1.807, 2.05) is 0 Å². The molecule has 1 aromatic heterocycles. The van der Waals surface area contributed by atoms with Gasteiger partial charge in [-0.25, -0.2) is 4.98 Å². The molecule has 0 aliphatic rings. The molecule has 0 aliphatic heterocycles. The third kappa shape index (κ3) is 3.12. The lowest BCUT2D eigenvalue weighted by molar-refractivity contribution is -0.154. The number of aromatic nitrogens is 1. The predicted molar refractivity (Wildman–Crippen MR) is 64.3 cm³/mol. The van der Waals surface area contributed by atoms with Crippen LogP contribution in [0.3, 0.4) is 0 Å². The Balaban J connectivity index is 2.44. The van der Waals surface area contributed by atoms with Gasteiger partial charge in [0.1, 0.15) is 5.84 Å². The fourth-order valence-electron chi connectivity index (χ4n) is 1.60. The van der Waals surface area contributed by atoms with Crippen molar-refractivity contribution in [3.8, 4) is 5.88 Å². The molecule has 0 saturated carbocycles. The molecule has 3 N–H and O–H groups in total. The van der Waals surface area contributed by atoms with E-state index >= 15 is 0 Å². The van der Waals surface area contributed by atoms with Gasteiger partial charge in [0.25, 0.3) is 0 Å². The Morgan fingerprint density at radius 3 is 2.63 bits per heavy atom. The van der Waals surface area contributed by atoms with Crippen molar-refractivity contribution >= 4 is 16.7 Å². The second-order valence-electron chi connectivity index (χ2n) is 3.84. The van der Waals surface area contributed by atoms with Gasteiger partial charge in [0.2, 0.25) is 5.88 Å². The molecular formula is C12H10F3N3O. The number of hydrogen-bond acceptors (Lipinski definition) is 3. The molecule has 0 unspecified atom stereocenters. The van der Waals surface area contributed by atoms with Crippen LogP contribution in [0.25, 0.3) is 10.9 Å². The number of benzene rings is 1. The molecule has 0 saturated heterocycles. The maximum Gasteiger partial charge on any atom is 0.422 e. The van der Waals surface area contributed by atoms with Gasteiger partial charge in [-0.3, -0.25) is 5.41 Å². The maximum atomic E-state index is 12.1. The number of fused-ring (bicyclic) bond motifs is 1. The van der Waals surface area contributed by atoms with Crippen LogP contribution in [0.2, 0.25) is 0 Å². The normalized spacial score (nSPS) is 11.5. The van der Waals surface area contributed by atoms with E-state index in [0.717, 1.165) is 0 Å². The number of ether oxygens (including phenoxy) is 1. The van der Waals surface area contributed by atoms with Crippen LogP contribution in [-0.2, 0) is 0 Å². The van der Waals surface area contributed by atoms with Gasteiger partial charge in [0.15, 0.2) is 6.61 Å². The van der Waals surface area contributed by atoms with Gasteiger partial charge < -0.3 is 10.5 Å². The molecule has 0 spiro atoms. The quantitative estimate of drug-likeness (QED) is 0.664. The summed E-state index contributed by atoms with van der Waals surface area (Å²) in [5, 5.41) is 8.03. The highest BCUT2D eigenvalue weighted by atomic mass is 19.4. The van der Waals surface area contributed by atoms with Gasteiger partial charge in [-0.2, -0.15) is 13.2 Å². The smallest absolute Gasteiger partial charge is 0.422 e. The van der Waals surface area contributed by atoms with Gasteiger partial charge in [-0.1, -0.05) is 18.2 Å². The van der Waals surface area contributed by atoms with Crippen LogP contribution in [0.15, 0.2) is 30.3 Å². The van der Waals surface area contributed by atoms with Crippen LogP contribution < -0.4 is 10.5 Å². The highest BCUT2D eigenvalue weighted by molar-refractivity contribution is 6.06. The Kier molecular flexibility index (Phi) is 3.28. The Morgan fingerprint density at radius 2 is 2.00 bits per heavy atom. The van der Waals surface area contributed by atoms with Crippen LogP contribution in [0.4, 0.5) is 13.2 Å². The highest BCUT2D eigenvalue weighted by Crippen LogP contribution is 2.23. The first-order valence-corrected chi connectivity index (χ1v) is 5.30. The highest BCUT2D eigenvalue weighted by Gasteiger charge is 2.28. The molecule has 2 rings (SSSR count). The van der Waals surface area contributed by atoms with E-state index in [0.29, 0.717) is 16.5 Å². The molecule has 19 heavy (non-hydrogen) atoms. The van der Waals surface area contributed by atoms with E-state index in [-0.39, 0.29) is 11.7 Å². The second kappa shape index (κ2) is 4.75. The number of alkyl halides is 3. The molecule has 0 radical (unpaired) electrons. The van der Waals surface area contributed by atoms with E-state index in [2.05, 4.69) is 9.72 Å². The molecule has 100 valence electrons. The number of nitrogens with zero attached hydrogens (tertiary/aromatic N) is 1. The first-order chi connectivity index (χ1) is 8.87. The van der Waals surface area contributed by atoms with Gasteiger partial charge in [0.05, 0.1) is 5.52 Å². The Hall–Kier alpha value is -2.31. The maximum absolute atomic E-state index is 12.1. The van der Waals surface area contributed by atoms with Crippen LogP contribution in [0, 0.1) is 5.41 Å². The zero-order valence-electron chi connectivity index (χ0n) is 9.66. The molecule has 0 bridgehead atoms. The van der Waals surface area contributed by atoms with Crippen molar-refractivity contribution in [2.24, 2.45) is 5.73 Å². The molecule has 1 aromatic carbocycles. The van der Waals surface area contributed by atoms with Crippen LogP contribution >= 0.6 is 0 Å². The third-order valence-electron chi connectivity index (χ3n) is 2.37. The zero-order chi connectivity index (χ0) is 14.0. The molecule has 4 nitrogen and oxygen atoms in total. The van der Waals surface area contributed by atoms with E-state index < -0.39 is 12.8 Å². The number of rotatable bonds is 3. The molecule has 0 amide bonds. The van der Waals surface area contributed by atoms with E-state index in [1.54, 1.807) is 24.3 Å². The zero-order valence-corrected chi connectivity index (χ0v) is 9.66. The summed E-state index contributed by atoms with van der Waals surface area (Å²) in [7, 11) is 0. The fourth-order valence-corrected chi connectivity index (χ4v) is 1.60. The van der Waals surface area contributed by atoms with E-state index in [1.165, 1.54) is 6.07 Å². The number of hydrogen-bond donors (Lipinski definition) is 2. The first kappa shape index (κ1) is 13.1. The van der Waals surface area contributed by atoms with Gasteiger partial charge >= 0.3 is 6.18 Å². The summed E-state index contributed by atoms with van der Waals surface area (Å²) in [4.78, 5) is 3.95. The second-order valence-corrected chi connectivity index (χ2v) is 3.84. The number of para-hydroxylation sites is 1. The molecular weight excluding hydrogens is 259 g/mol. The summed E-state index contributed by atoms with van der Waals surface area (Å²) in [5.74, 6) is -0.461. The van der Waals surface area contributed by atoms with Crippen LogP contribution in [0.1, 0.15) is 5.56 Å². The third-order valence-corrected chi connectivity index (χ3v) is 2.37. The lowest BCUT2D eigenvalue weighted by Crippen LogP contribution is -2.20. The van der Waals surface area contributed by atoms with Gasteiger partial charge in [-0.15, -0.1) is 0 Å².